The van der Waals surface area contributed by atoms with Crippen molar-refractivity contribution in [1.82, 2.24) is 0 Å². The molecule has 0 saturated heterocycles. The van der Waals surface area contributed by atoms with Crippen LogP contribution in [-0.4, -0.2) is 12.4 Å². The monoisotopic (exact) mass is 363 g/mol. The van der Waals surface area contributed by atoms with Gasteiger partial charge in [0.25, 0.3) is 0 Å². The molecule has 0 amide bonds. The number of alkyl halides is 3. The molecular formula is C8H2ClF3INO2. The number of nitrogens with zero attached hydrogens (tertiary/aromatic N) is 1. The Balaban J connectivity index is 3.19. The van der Waals surface area contributed by atoms with E-state index in [0.717, 1.165) is 12.1 Å². The van der Waals surface area contributed by atoms with Crippen LogP contribution in [0.5, 0.6) is 5.75 Å². The fraction of sp³-hybridized carbons (Fsp3) is 0.125. The topological polar surface area (TPSA) is 38.7 Å². The number of hydrogen-bond donors (Lipinski definition) is 0. The van der Waals surface area contributed by atoms with E-state index in [2.05, 4.69) is 9.73 Å². The molecule has 1 aromatic rings. The first-order valence-electron chi connectivity index (χ1n) is 3.66. The van der Waals surface area contributed by atoms with Crippen molar-refractivity contribution in [1.29, 1.82) is 0 Å². The number of ether oxygens (including phenoxy) is 1. The normalized spacial score (nSPS) is 10.8. The minimum atomic E-state index is -4.82. The van der Waals surface area contributed by atoms with Gasteiger partial charge in [0.2, 0.25) is 6.08 Å². The molecule has 0 bridgehead atoms. The number of halogens is 5. The lowest BCUT2D eigenvalue weighted by molar-refractivity contribution is -0.274. The van der Waals surface area contributed by atoms with E-state index >= 15 is 0 Å². The Hall–Kier alpha value is -0.790. The molecular weight excluding hydrogens is 361 g/mol. The highest BCUT2D eigenvalue weighted by Gasteiger charge is 2.31. The van der Waals surface area contributed by atoms with Crippen molar-refractivity contribution in [2.24, 2.45) is 4.99 Å². The first-order chi connectivity index (χ1) is 7.33. The lowest BCUT2D eigenvalue weighted by Crippen LogP contribution is -2.17. The van der Waals surface area contributed by atoms with E-state index < -0.39 is 12.1 Å². The second-order valence-electron chi connectivity index (χ2n) is 2.49. The van der Waals surface area contributed by atoms with Gasteiger partial charge in [0.15, 0.2) is 0 Å². The molecule has 1 aromatic carbocycles. The van der Waals surface area contributed by atoms with E-state index in [9.17, 15) is 18.0 Å². The Morgan fingerprint density at radius 3 is 2.56 bits per heavy atom. The van der Waals surface area contributed by atoms with Gasteiger partial charge in [0, 0.05) is 12.1 Å². The molecule has 0 saturated carbocycles. The maximum atomic E-state index is 11.9. The molecule has 16 heavy (non-hydrogen) atoms. The minimum absolute atomic E-state index is 0.0105. The predicted octanol–water partition coefficient (Wildman–Crippen LogP) is 3.81. The first-order valence-corrected chi connectivity index (χ1v) is 5.12. The second-order valence-corrected chi connectivity index (χ2v) is 3.98. The summed E-state index contributed by atoms with van der Waals surface area (Å²) in [6.07, 6.45) is -3.60. The van der Waals surface area contributed by atoms with Gasteiger partial charge in [-0.3, -0.25) is 0 Å². The zero-order valence-electron chi connectivity index (χ0n) is 7.31. The van der Waals surface area contributed by atoms with Gasteiger partial charge >= 0.3 is 6.36 Å². The SMILES string of the molecule is O=C=Nc1cc(OC(F)(F)F)cc(Cl)c1I. The van der Waals surface area contributed by atoms with Crippen LogP contribution in [0, 0.1) is 3.57 Å². The number of hydrogen-bond acceptors (Lipinski definition) is 3. The molecule has 1 rings (SSSR count). The first kappa shape index (κ1) is 13.3. The van der Waals surface area contributed by atoms with Crippen LogP contribution in [0.3, 0.4) is 0 Å². The quantitative estimate of drug-likeness (QED) is 0.455. The van der Waals surface area contributed by atoms with Crippen LogP contribution in [0.1, 0.15) is 0 Å². The lowest BCUT2D eigenvalue weighted by atomic mass is 10.3. The van der Waals surface area contributed by atoms with Crippen molar-refractivity contribution in [3.63, 3.8) is 0 Å². The van der Waals surface area contributed by atoms with E-state index in [-0.39, 0.29) is 10.7 Å². The van der Waals surface area contributed by atoms with Gasteiger partial charge < -0.3 is 4.74 Å². The molecule has 0 aliphatic heterocycles. The summed E-state index contributed by atoms with van der Waals surface area (Å²) in [5.41, 5.74) is -0.0256. The number of aliphatic imine (C=N–C) groups is 1. The minimum Gasteiger partial charge on any atom is -0.406 e. The summed E-state index contributed by atoms with van der Waals surface area (Å²) in [7, 11) is 0. The third-order valence-corrected chi connectivity index (χ3v) is 3.13. The second kappa shape index (κ2) is 5.03. The smallest absolute Gasteiger partial charge is 0.406 e. The zero-order chi connectivity index (χ0) is 12.3. The van der Waals surface area contributed by atoms with E-state index in [4.69, 9.17) is 11.6 Å². The van der Waals surface area contributed by atoms with Crippen LogP contribution < -0.4 is 4.74 Å². The molecule has 0 radical (unpaired) electrons. The Morgan fingerprint density at radius 1 is 1.44 bits per heavy atom. The molecule has 0 atom stereocenters. The van der Waals surface area contributed by atoms with Gasteiger partial charge in [0.05, 0.1) is 14.3 Å². The summed E-state index contributed by atoms with van der Waals surface area (Å²) < 4.78 is 39.7. The predicted molar refractivity (Wildman–Crippen MR) is 58.6 cm³/mol. The molecule has 86 valence electrons. The van der Waals surface area contributed by atoms with Gasteiger partial charge in [-0.2, -0.15) is 4.99 Å². The number of benzene rings is 1. The number of isocyanates is 1. The Kier molecular flexibility index (Phi) is 4.17. The highest BCUT2D eigenvalue weighted by atomic mass is 127. The average Bonchev–Trinajstić information content (AvgIpc) is 2.11. The van der Waals surface area contributed by atoms with Crippen LogP contribution in [0.2, 0.25) is 5.02 Å². The fourth-order valence-corrected chi connectivity index (χ4v) is 1.51. The maximum Gasteiger partial charge on any atom is 0.573 e. The molecule has 0 fully saturated rings. The Bertz CT molecular complexity index is 457. The number of rotatable bonds is 2. The fourth-order valence-electron chi connectivity index (χ4n) is 0.873. The van der Waals surface area contributed by atoms with Crippen molar-refractivity contribution in [3.8, 4) is 5.75 Å². The van der Waals surface area contributed by atoms with Crippen LogP contribution in [0.4, 0.5) is 18.9 Å². The van der Waals surface area contributed by atoms with E-state index in [0.29, 0.717) is 3.57 Å². The van der Waals surface area contributed by atoms with Crippen LogP contribution in [-0.2, 0) is 4.79 Å². The van der Waals surface area contributed by atoms with Gasteiger partial charge in [-0.25, -0.2) is 4.79 Å². The summed E-state index contributed by atoms with van der Waals surface area (Å²) in [5.74, 6) is -0.535. The van der Waals surface area contributed by atoms with Crippen molar-refractivity contribution in [2.75, 3.05) is 0 Å². The third-order valence-electron chi connectivity index (χ3n) is 1.38. The van der Waals surface area contributed by atoms with Crippen molar-refractivity contribution in [2.45, 2.75) is 6.36 Å². The molecule has 0 aliphatic carbocycles. The van der Waals surface area contributed by atoms with Gasteiger partial charge in [-0.15, -0.1) is 13.2 Å². The highest BCUT2D eigenvalue weighted by Crippen LogP contribution is 2.35. The molecule has 3 nitrogen and oxygen atoms in total. The van der Waals surface area contributed by atoms with Crippen LogP contribution in [0.15, 0.2) is 17.1 Å². The largest absolute Gasteiger partial charge is 0.573 e. The molecule has 0 aromatic heterocycles. The average molecular weight is 363 g/mol. The van der Waals surface area contributed by atoms with Crippen molar-refractivity contribution >= 4 is 46.0 Å². The summed E-state index contributed by atoms with van der Waals surface area (Å²) >= 11 is 7.38. The maximum absolute atomic E-state index is 11.9. The molecule has 0 unspecified atom stereocenters. The third kappa shape index (κ3) is 3.66. The standard InChI is InChI=1S/C8H2ClF3INO2/c9-5-1-4(16-8(10,11)12)2-6(7(5)13)14-3-15/h1-2H. The number of carbonyl (C=O) groups excluding carboxylic acids is 1. The molecule has 0 N–H and O–H groups in total. The highest BCUT2D eigenvalue weighted by molar-refractivity contribution is 14.1. The molecule has 0 heterocycles. The van der Waals surface area contributed by atoms with Crippen LogP contribution in [0.25, 0.3) is 0 Å². The van der Waals surface area contributed by atoms with Crippen molar-refractivity contribution < 1.29 is 22.7 Å². The van der Waals surface area contributed by atoms with Gasteiger partial charge in [0.1, 0.15) is 5.75 Å². The lowest BCUT2D eigenvalue weighted by Gasteiger charge is -2.10. The zero-order valence-corrected chi connectivity index (χ0v) is 10.2. The molecule has 0 aliphatic rings. The van der Waals surface area contributed by atoms with E-state index in [1.165, 1.54) is 6.08 Å². The molecule has 0 spiro atoms. The Labute approximate surface area is 106 Å². The van der Waals surface area contributed by atoms with Gasteiger partial charge in [-0.05, 0) is 22.6 Å². The van der Waals surface area contributed by atoms with E-state index in [1.807, 2.05) is 0 Å². The van der Waals surface area contributed by atoms with Crippen LogP contribution >= 0.6 is 34.2 Å². The van der Waals surface area contributed by atoms with Gasteiger partial charge in [-0.1, -0.05) is 11.6 Å². The van der Waals surface area contributed by atoms with Crippen molar-refractivity contribution in [3.05, 3.63) is 20.7 Å². The molecule has 8 heteroatoms. The Morgan fingerprint density at radius 2 is 2.06 bits per heavy atom. The summed E-state index contributed by atoms with van der Waals surface area (Å²) in [6.45, 7) is 0. The van der Waals surface area contributed by atoms with E-state index in [1.54, 1.807) is 22.6 Å². The summed E-state index contributed by atoms with van der Waals surface area (Å²) in [5, 5.41) is 0.0105. The summed E-state index contributed by atoms with van der Waals surface area (Å²) in [4.78, 5) is 13.2. The summed E-state index contributed by atoms with van der Waals surface area (Å²) in [6, 6.07) is 1.94.